The molecule has 3 atom stereocenters. The van der Waals surface area contributed by atoms with Crippen molar-refractivity contribution in [1.82, 2.24) is 0 Å². The highest BCUT2D eigenvalue weighted by molar-refractivity contribution is 6.26. The van der Waals surface area contributed by atoms with E-state index in [1.54, 1.807) is 0 Å². The van der Waals surface area contributed by atoms with Crippen LogP contribution in [0.3, 0.4) is 0 Å². The highest BCUT2D eigenvalue weighted by atomic mass is 35.5. The van der Waals surface area contributed by atoms with Gasteiger partial charge >= 0.3 is 11.8 Å². The highest BCUT2D eigenvalue weighted by Crippen LogP contribution is 2.68. The number of hydrogen-bond donors (Lipinski definition) is 0. The van der Waals surface area contributed by atoms with Gasteiger partial charge in [-0.05, 0) is 6.08 Å². The fourth-order valence-corrected chi connectivity index (χ4v) is 2.24. The minimum Gasteiger partial charge on any atom is -0.239 e. The molecule has 0 N–H and O–H groups in total. The average molecular weight is 281 g/mol. The Kier molecular flexibility index (Phi) is 2.24. The molecule has 2 aliphatic rings. The minimum atomic E-state index is -5.58. The van der Waals surface area contributed by atoms with Crippen molar-refractivity contribution in [1.29, 1.82) is 0 Å². The summed E-state index contributed by atoms with van der Waals surface area (Å²) in [6.45, 7) is 0. The van der Waals surface area contributed by atoms with Crippen LogP contribution in [0.15, 0.2) is 23.8 Å². The van der Waals surface area contributed by atoms with Gasteiger partial charge in [0, 0.05) is 5.57 Å². The van der Waals surface area contributed by atoms with E-state index in [4.69, 9.17) is 0 Å². The van der Waals surface area contributed by atoms with Crippen LogP contribution in [0.5, 0.6) is 0 Å². The molecule has 0 amide bonds. The van der Waals surface area contributed by atoms with E-state index in [9.17, 15) is 30.7 Å². The van der Waals surface area contributed by atoms with E-state index in [1.165, 1.54) is 0 Å². The lowest BCUT2D eigenvalue weighted by Crippen LogP contribution is -2.55. The van der Waals surface area contributed by atoms with Crippen molar-refractivity contribution in [2.75, 3.05) is 0 Å². The summed E-state index contributed by atoms with van der Waals surface area (Å²) in [6.07, 6.45) is -1.84. The van der Waals surface area contributed by atoms with E-state index in [0.717, 1.165) is 0 Å². The number of allylic oxidation sites excluding steroid dienone is 4. The second kappa shape index (κ2) is 2.99. The molecule has 0 nitrogen and oxygen atoms in total. The molecule has 0 saturated heterocycles. The molecule has 0 bridgehead atoms. The van der Waals surface area contributed by atoms with Gasteiger partial charge in [0.15, 0.2) is 6.17 Å². The maximum atomic E-state index is 13.9. The van der Waals surface area contributed by atoms with E-state index >= 15 is 0 Å². The van der Waals surface area contributed by atoms with Crippen molar-refractivity contribution in [3.8, 4) is 0 Å². The number of fused-ring (bicyclic) bond motifs is 1. The Morgan fingerprint density at radius 3 is 2.00 bits per heavy atom. The third kappa shape index (κ3) is 1.07. The van der Waals surface area contributed by atoms with Crippen molar-refractivity contribution < 1.29 is 30.7 Å². The zero-order valence-corrected chi connectivity index (χ0v) is 8.59. The van der Waals surface area contributed by atoms with Crippen LogP contribution in [0.1, 0.15) is 0 Å². The molecule has 1 fully saturated rings. The number of halogens is 8. The van der Waals surface area contributed by atoms with Gasteiger partial charge in [-0.15, -0.1) is 0 Å². The fraction of sp³-hybridized carbons (Fsp3) is 0.556. The summed E-state index contributed by atoms with van der Waals surface area (Å²) in [5, 5.41) is -4.46. The molecule has 17 heavy (non-hydrogen) atoms. The Labute approximate surface area is 95.7 Å². The van der Waals surface area contributed by atoms with Gasteiger partial charge in [-0.2, -0.15) is 17.6 Å². The van der Waals surface area contributed by atoms with E-state index in [1.807, 2.05) is 0 Å². The van der Waals surface area contributed by atoms with E-state index < -0.39 is 34.4 Å². The van der Waals surface area contributed by atoms with E-state index in [2.05, 4.69) is 11.6 Å². The summed E-state index contributed by atoms with van der Waals surface area (Å²) in [5.74, 6) is -11.1. The Morgan fingerprint density at radius 2 is 1.53 bits per heavy atom. The van der Waals surface area contributed by atoms with Crippen LogP contribution in [0.25, 0.3) is 0 Å². The smallest absolute Gasteiger partial charge is 0.239 e. The molecule has 96 valence electrons. The molecule has 0 heterocycles. The minimum absolute atomic E-state index is 0.297. The number of alkyl halides is 8. The zero-order valence-electron chi connectivity index (χ0n) is 7.83. The van der Waals surface area contributed by atoms with Crippen molar-refractivity contribution in [2.24, 2.45) is 0 Å². The molecule has 2 aliphatic carbocycles. The van der Waals surface area contributed by atoms with Crippen LogP contribution >= 0.6 is 11.6 Å². The lowest BCUT2D eigenvalue weighted by Gasteiger charge is -2.31. The first kappa shape index (κ1) is 12.7. The Bertz CT molecular complexity index is 425. The maximum Gasteiger partial charge on any atom is 0.364 e. The van der Waals surface area contributed by atoms with Gasteiger partial charge < -0.3 is 0 Å². The summed E-state index contributed by atoms with van der Waals surface area (Å²) in [7, 11) is 0. The van der Waals surface area contributed by atoms with Crippen LogP contribution in [0, 0.1) is 0 Å². The summed E-state index contributed by atoms with van der Waals surface area (Å²) in [6, 6.07) is 0. The Morgan fingerprint density at radius 1 is 1.00 bits per heavy atom. The molecule has 0 aromatic rings. The first-order chi connectivity index (χ1) is 7.51. The van der Waals surface area contributed by atoms with Crippen molar-refractivity contribution >= 4 is 11.6 Å². The maximum absolute atomic E-state index is 13.9. The van der Waals surface area contributed by atoms with Crippen LogP contribution in [-0.2, 0) is 0 Å². The van der Waals surface area contributed by atoms with Crippen LogP contribution in [0.2, 0.25) is 0 Å². The van der Waals surface area contributed by atoms with Gasteiger partial charge in [-0.25, -0.2) is 13.2 Å². The molecule has 0 aromatic heterocycles. The van der Waals surface area contributed by atoms with Crippen molar-refractivity contribution in [2.45, 2.75) is 28.8 Å². The summed E-state index contributed by atoms with van der Waals surface area (Å²) >= 11 is 4.67. The average Bonchev–Trinajstić information content (AvgIpc) is 2.27. The zero-order chi connectivity index (χ0) is 13.3. The van der Waals surface area contributed by atoms with E-state index in [-0.39, 0.29) is 0 Å². The first-order valence-electron chi connectivity index (χ1n) is 4.37. The number of hydrogen-bond acceptors (Lipinski definition) is 0. The molecule has 0 spiro atoms. The van der Waals surface area contributed by atoms with Crippen molar-refractivity contribution in [3.63, 3.8) is 0 Å². The quantitative estimate of drug-likeness (QED) is 0.469. The van der Waals surface area contributed by atoms with Gasteiger partial charge in [-0.1, -0.05) is 23.8 Å². The third-order valence-corrected chi connectivity index (χ3v) is 3.34. The molecule has 0 aliphatic heterocycles. The molecule has 1 saturated carbocycles. The van der Waals surface area contributed by atoms with E-state index in [0.29, 0.717) is 18.2 Å². The number of rotatable bonds is 0. The monoisotopic (exact) mass is 280 g/mol. The lowest BCUT2D eigenvalue weighted by molar-refractivity contribution is -0.258. The lowest BCUT2D eigenvalue weighted by atomic mass is 9.87. The molecule has 8 heteroatoms. The largest absolute Gasteiger partial charge is 0.364 e. The highest BCUT2D eigenvalue weighted by Gasteiger charge is 2.90. The molecule has 2 rings (SSSR count). The topological polar surface area (TPSA) is 0 Å². The van der Waals surface area contributed by atoms with Crippen LogP contribution < -0.4 is 0 Å². The van der Waals surface area contributed by atoms with Gasteiger partial charge in [0.1, 0.15) is 0 Å². The van der Waals surface area contributed by atoms with Gasteiger partial charge in [0.25, 0.3) is 5.13 Å². The normalized spacial score (nSPS) is 46.6. The summed E-state index contributed by atoms with van der Waals surface area (Å²) in [4.78, 5) is 0. The molecule has 3 unspecified atom stereocenters. The first-order valence-corrected chi connectivity index (χ1v) is 4.75. The predicted molar refractivity (Wildman–Crippen MR) is 45.5 cm³/mol. The molecule has 0 aromatic carbocycles. The van der Waals surface area contributed by atoms with Crippen LogP contribution in [-0.4, -0.2) is 28.8 Å². The SMILES string of the molecule is FC1C=CC=C2C(F)(Cl)C(F)(F)C(F)(F)C21F. The van der Waals surface area contributed by atoms with Crippen molar-refractivity contribution in [3.05, 3.63) is 23.8 Å². The predicted octanol–water partition coefficient (Wildman–Crippen LogP) is 3.72. The third-order valence-electron chi connectivity index (χ3n) is 2.90. The summed E-state index contributed by atoms with van der Waals surface area (Å²) < 4.78 is 93.1. The second-order valence-electron chi connectivity index (χ2n) is 3.80. The molecular weight excluding hydrogens is 277 g/mol. The van der Waals surface area contributed by atoms with Gasteiger partial charge in [0.2, 0.25) is 5.67 Å². The Balaban J connectivity index is 2.76. The molecular formula is C9H4ClF7. The van der Waals surface area contributed by atoms with Gasteiger partial charge in [0.05, 0.1) is 0 Å². The van der Waals surface area contributed by atoms with Gasteiger partial charge in [-0.3, -0.25) is 0 Å². The standard InChI is InChI=1S/C9H4ClF7/c10-7(13)4-2-1-3-5(11)6(4,12)8(14,15)9(7,16)17/h1-3,5H. The summed E-state index contributed by atoms with van der Waals surface area (Å²) in [5.41, 5.74) is -6.27. The fourth-order valence-electron chi connectivity index (χ4n) is 1.92. The van der Waals surface area contributed by atoms with Crippen LogP contribution in [0.4, 0.5) is 30.7 Å². The second-order valence-corrected chi connectivity index (χ2v) is 4.32. The Hall–Kier alpha value is -0.720. The molecule has 0 radical (unpaired) electrons.